The molecular weight excluding hydrogens is 378 g/mol. The third kappa shape index (κ3) is 7.10. The number of carbonyl (C=O) groups is 1. The van der Waals surface area contributed by atoms with Crippen LogP contribution in [0.25, 0.3) is 0 Å². The molecule has 0 aliphatic rings. The van der Waals surface area contributed by atoms with Crippen LogP contribution in [0.1, 0.15) is 45.9 Å². The van der Waals surface area contributed by atoms with Gasteiger partial charge in [-0.15, -0.1) is 0 Å². The molecule has 0 radical (unpaired) electrons. The zero-order valence-corrected chi connectivity index (χ0v) is 15.6. The van der Waals surface area contributed by atoms with Crippen molar-refractivity contribution in [2.75, 3.05) is 18.2 Å². The minimum absolute atomic E-state index is 0.000420. The quantitative estimate of drug-likeness (QED) is 0.534. The Bertz CT molecular complexity index is 598. The highest BCUT2D eigenvalue weighted by molar-refractivity contribution is 9.10. The minimum atomic E-state index is -0.632. The molecule has 1 heterocycles. The van der Waals surface area contributed by atoms with Crippen molar-refractivity contribution in [3.63, 3.8) is 0 Å². The fourth-order valence-corrected chi connectivity index (χ4v) is 2.19. The molecule has 2 N–H and O–H groups in total. The first-order valence-corrected chi connectivity index (χ1v) is 8.37. The van der Waals surface area contributed by atoms with Gasteiger partial charge in [0.25, 0.3) is 0 Å². The number of nitrogens with zero attached hydrogens (tertiary/aromatic N) is 4. The molecule has 9 heteroatoms. The van der Waals surface area contributed by atoms with Gasteiger partial charge in [-0.2, -0.15) is 10.2 Å². The molecule has 0 bridgehead atoms. The van der Waals surface area contributed by atoms with Crippen LogP contribution >= 0.6 is 15.9 Å². The maximum absolute atomic E-state index is 12.1. The number of unbranched alkanes of at least 4 members (excludes halogenated alkanes) is 2. The number of rotatable bonds is 7. The lowest BCUT2D eigenvalue weighted by molar-refractivity contribution is 0.0520. The van der Waals surface area contributed by atoms with E-state index < -0.39 is 11.7 Å². The first-order chi connectivity index (χ1) is 11.3. The maximum Gasteiger partial charge on any atom is 0.426 e. The van der Waals surface area contributed by atoms with Gasteiger partial charge >= 0.3 is 6.09 Å². The first-order valence-electron chi connectivity index (χ1n) is 7.57. The molecule has 0 fully saturated rings. The molecule has 1 amide bonds. The second-order valence-electron chi connectivity index (χ2n) is 6.03. The Kier molecular flexibility index (Phi) is 7.88. The predicted octanol–water partition coefficient (Wildman–Crippen LogP) is 2.52. The number of hydrogen-bond donors (Lipinski definition) is 2. The van der Waals surface area contributed by atoms with Crippen LogP contribution in [-0.2, 0) is 4.74 Å². The minimum Gasteiger partial charge on any atom is -0.443 e. The van der Waals surface area contributed by atoms with E-state index in [1.807, 2.05) is 6.07 Å². The Balaban J connectivity index is 2.92. The van der Waals surface area contributed by atoms with Gasteiger partial charge < -0.3 is 9.84 Å². The summed E-state index contributed by atoms with van der Waals surface area (Å²) in [5, 5.41) is 19.3. The summed E-state index contributed by atoms with van der Waals surface area (Å²) in [6, 6.07) is 1.87. The van der Waals surface area contributed by atoms with Gasteiger partial charge in [-0.1, -0.05) is 0 Å². The van der Waals surface area contributed by atoms with E-state index >= 15 is 0 Å². The predicted molar refractivity (Wildman–Crippen MR) is 92.1 cm³/mol. The summed E-state index contributed by atoms with van der Waals surface area (Å²) < 4.78 is 5.80. The third-order valence-electron chi connectivity index (χ3n) is 2.75. The van der Waals surface area contributed by atoms with Gasteiger partial charge in [0.15, 0.2) is 5.82 Å². The van der Waals surface area contributed by atoms with Gasteiger partial charge in [-0.05, 0) is 56.0 Å². The summed E-state index contributed by atoms with van der Waals surface area (Å²) in [7, 11) is 0. The molecule has 0 aliphatic carbocycles. The molecule has 0 saturated heterocycles. The Labute approximate surface area is 149 Å². The number of nitriles is 1. The molecule has 0 spiro atoms. The zero-order chi connectivity index (χ0) is 18.2. The van der Waals surface area contributed by atoms with Crippen molar-refractivity contribution in [3.05, 3.63) is 16.5 Å². The Morgan fingerprint density at radius 2 is 2.17 bits per heavy atom. The zero-order valence-electron chi connectivity index (χ0n) is 14.0. The number of aromatic nitrogens is 2. The standard InChI is InChI=1S/C15H22BrN5O3/c1-15(2,3)24-14(23)20-21(7-5-4-6-8-22)13-11(16)10-18-12(9-17)19-13/h10,22H,4-8H2,1-3H3,(H,20,23). The topological polar surface area (TPSA) is 111 Å². The summed E-state index contributed by atoms with van der Waals surface area (Å²) >= 11 is 3.33. The molecule has 24 heavy (non-hydrogen) atoms. The van der Waals surface area contributed by atoms with E-state index in [2.05, 4.69) is 31.3 Å². The van der Waals surface area contributed by atoms with Gasteiger partial charge in [-0.3, -0.25) is 5.01 Å². The molecule has 1 aromatic rings. The van der Waals surface area contributed by atoms with E-state index in [1.165, 1.54) is 11.2 Å². The fourth-order valence-electron chi connectivity index (χ4n) is 1.79. The first kappa shape index (κ1) is 20.1. The number of anilines is 1. The summed E-state index contributed by atoms with van der Waals surface area (Å²) in [5.74, 6) is 0.371. The number of carbonyl (C=O) groups excluding carboxylic acids is 1. The van der Waals surface area contributed by atoms with Crippen molar-refractivity contribution in [1.29, 1.82) is 5.26 Å². The largest absolute Gasteiger partial charge is 0.443 e. The molecule has 1 rings (SSSR count). The Morgan fingerprint density at radius 3 is 2.75 bits per heavy atom. The van der Waals surface area contributed by atoms with Crippen LogP contribution in [0.5, 0.6) is 0 Å². The van der Waals surface area contributed by atoms with Gasteiger partial charge in [-0.25, -0.2) is 15.2 Å². The van der Waals surface area contributed by atoms with Crippen molar-refractivity contribution in [1.82, 2.24) is 15.4 Å². The van der Waals surface area contributed by atoms with E-state index in [0.717, 1.165) is 6.42 Å². The lowest BCUT2D eigenvalue weighted by Crippen LogP contribution is -2.46. The van der Waals surface area contributed by atoms with E-state index in [0.29, 0.717) is 29.7 Å². The average molecular weight is 400 g/mol. The summed E-state index contributed by atoms with van der Waals surface area (Å²) in [4.78, 5) is 20.1. The molecule has 0 saturated carbocycles. The number of aliphatic hydroxyl groups excluding tert-OH is 1. The Hall–Kier alpha value is -1.92. The monoisotopic (exact) mass is 399 g/mol. The summed E-state index contributed by atoms with van der Waals surface area (Å²) in [6.45, 7) is 5.88. The summed E-state index contributed by atoms with van der Waals surface area (Å²) in [5.41, 5.74) is 2.01. The fraction of sp³-hybridized carbons (Fsp3) is 0.600. The lowest BCUT2D eigenvalue weighted by Gasteiger charge is -2.27. The number of ether oxygens (including phenoxy) is 1. The molecular formula is C15H22BrN5O3. The van der Waals surface area contributed by atoms with Crippen molar-refractivity contribution in [2.45, 2.75) is 45.6 Å². The van der Waals surface area contributed by atoms with Crippen LogP contribution in [0.4, 0.5) is 10.6 Å². The van der Waals surface area contributed by atoms with Crippen LogP contribution in [0, 0.1) is 11.3 Å². The van der Waals surface area contributed by atoms with E-state index in [9.17, 15) is 4.79 Å². The van der Waals surface area contributed by atoms with E-state index in [1.54, 1.807) is 20.8 Å². The van der Waals surface area contributed by atoms with Gasteiger partial charge in [0.1, 0.15) is 11.7 Å². The normalized spacial score (nSPS) is 10.8. The highest BCUT2D eigenvalue weighted by Gasteiger charge is 2.21. The van der Waals surface area contributed by atoms with Gasteiger partial charge in [0.2, 0.25) is 5.82 Å². The Morgan fingerprint density at radius 1 is 1.46 bits per heavy atom. The van der Waals surface area contributed by atoms with Crippen LogP contribution in [0.3, 0.4) is 0 Å². The smallest absolute Gasteiger partial charge is 0.426 e. The molecule has 0 aliphatic heterocycles. The van der Waals surface area contributed by atoms with Crippen molar-refractivity contribution >= 4 is 27.8 Å². The second kappa shape index (κ2) is 9.39. The molecule has 0 atom stereocenters. The van der Waals surface area contributed by atoms with Crippen molar-refractivity contribution < 1.29 is 14.6 Å². The van der Waals surface area contributed by atoms with Gasteiger partial charge in [0.05, 0.1) is 4.47 Å². The molecule has 0 aromatic carbocycles. The molecule has 1 aromatic heterocycles. The number of hydrogen-bond acceptors (Lipinski definition) is 7. The number of nitrogens with one attached hydrogen (secondary N) is 1. The summed E-state index contributed by atoms with van der Waals surface area (Å²) in [6.07, 6.45) is 3.02. The second-order valence-corrected chi connectivity index (χ2v) is 6.88. The van der Waals surface area contributed by atoms with Gasteiger partial charge in [0, 0.05) is 19.3 Å². The number of aliphatic hydroxyl groups is 1. The van der Waals surface area contributed by atoms with Crippen LogP contribution in [-0.4, -0.2) is 39.9 Å². The van der Waals surface area contributed by atoms with Crippen molar-refractivity contribution in [2.24, 2.45) is 0 Å². The molecule has 132 valence electrons. The highest BCUT2D eigenvalue weighted by Crippen LogP contribution is 2.22. The lowest BCUT2D eigenvalue weighted by atomic mass is 10.2. The number of amides is 1. The average Bonchev–Trinajstić information content (AvgIpc) is 2.49. The van der Waals surface area contributed by atoms with Crippen LogP contribution in [0.2, 0.25) is 0 Å². The highest BCUT2D eigenvalue weighted by atomic mass is 79.9. The van der Waals surface area contributed by atoms with E-state index in [-0.39, 0.29) is 12.4 Å². The number of hydrazine groups is 1. The maximum atomic E-state index is 12.1. The van der Waals surface area contributed by atoms with E-state index in [4.69, 9.17) is 15.1 Å². The SMILES string of the molecule is CC(C)(C)OC(=O)NN(CCCCCO)c1nc(C#N)ncc1Br. The molecule has 8 nitrogen and oxygen atoms in total. The van der Waals surface area contributed by atoms with Crippen LogP contribution in [0.15, 0.2) is 10.7 Å². The third-order valence-corrected chi connectivity index (χ3v) is 3.31. The van der Waals surface area contributed by atoms with Crippen molar-refractivity contribution in [3.8, 4) is 6.07 Å². The molecule has 0 unspecified atom stereocenters. The van der Waals surface area contributed by atoms with Crippen LogP contribution < -0.4 is 10.4 Å². The number of halogens is 1.